The normalized spacial score (nSPS) is 11.3. The van der Waals surface area contributed by atoms with Crippen LogP contribution in [0, 0.1) is 0 Å². The Morgan fingerprint density at radius 1 is 0.667 bits per heavy atom. The van der Waals surface area contributed by atoms with Crippen LogP contribution in [0.4, 0.5) is 0 Å². The van der Waals surface area contributed by atoms with Crippen molar-refractivity contribution in [2.24, 2.45) is 0 Å². The van der Waals surface area contributed by atoms with Crippen LogP contribution in [-0.4, -0.2) is 4.43 Å². The maximum atomic E-state index is 2.47. The minimum atomic E-state index is 1.28. The number of halogens is 2. The summed E-state index contributed by atoms with van der Waals surface area (Å²) in [4.78, 5) is 0. The van der Waals surface area contributed by atoms with E-state index in [1.807, 2.05) is 0 Å². The third-order valence-corrected chi connectivity index (χ3v) is 3.86. The van der Waals surface area contributed by atoms with Crippen molar-refractivity contribution in [2.75, 3.05) is 4.43 Å². The molecule has 0 aliphatic rings. The first-order valence-corrected chi connectivity index (χ1v) is 9.00. The average molecular weight is 434 g/mol. The van der Waals surface area contributed by atoms with E-state index in [2.05, 4.69) is 55.3 Å². The Hall–Kier alpha value is 1.20. The molecule has 0 aromatic heterocycles. The zero-order valence-electron chi connectivity index (χ0n) is 9.69. The van der Waals surface area contributed by atoms with Crippen molar-refractivity contribution >= 4 is 45.2 Å². The second kappa shape index (κ2) is 15.2. The molecule has 0 unspecified atom stereocenters. The Morgan fingerprint density at radius 2 is 1.13 bits per heavy atom. The van der Waals surface area contributed by atoms with Gasteiger partial charge in [0.2, 0.25) is 0 Å². The zero-order valence-corrected chi connectivity index (χ0v) is 14.0. The molecule has 0 atom stereocenters. The molecule has 0 N–H and O–H groups in total. The standard InChI is InChI=1S/C13H24I2/c14-12-10-8-6-4-2-1-3-5-7-9-11-13-15/h10,12H,1-9,11,13H2. The maximum Gasteiger partial charge on any atom is -0.000473 e. The summed E-state index contributed by atoms with van der Waals surface area (Å²) in [6.45, 7) is 0. The molecular weight excluding hydrogens is 410 g/mol. The monoisotopic (exact) mass is 434 g/mol. The third kappa shape index (κ3) is 15.2. The summed E-state index contributed by atoms with van der Waals surface area (Å²) in [5.74, 6) is 0. The quantitative estimate of drug-likeness (QED) is 0.204. The molecule has 0 aromatic rings. The van der Waals surface area contributed by atoms with E-state index in [1.54, 1.807) is 0 Å². The molecule has 90 valence electrons. The van der Waals surface area contributed by atoms with Crippen LogP contribution in [0.25, 0.3) is 0 Å². The number of alkyl halides is 1. The Kier molecular flexibility index (Phi) is 16.4. The second-order valence-electron chi connectivity index (χ2n) is 4.02. The molecule has 15 heavy (non-hydrogen) atoms. The van der Waals surface area contributed by atoms with Gasteiger partial charge < -0.3 is 0 Å². The summed E-state index contributed by atoms with van der Waals surface area (Å²) in [6.07, 6.45) is 16.5. The number of hydrogen-bond donors (Lipinski definition) is 0. The minimum Gasteiger partial charge on any atom is -0.0864 e. The lowest BCUT2D eigenvalue weighted by atomic mass is 10.1. The van der Waals surface area contributed by atoms with Crippen LogP contribution < -0.4 is 0 Å². The van der Waals surface area contributed by atoms with Crippen molar-refractivity contribution in [1.82, 2.24) is 0 Å². The van der Waals surface area contributed by atoms with Crippen molar-refractivity contribution in [3.8, 4) is 0 Å². The first-order valence-electron chi connectivity index (χ1n) is 6.23. The summed E-state index contributed by atoms with van der Waals surface area (Å²) >= 11 is 4.77. The van der Waals surface area contributed by atoms with Gasteiger partial charge in [0.05, 0.1) is 0 Å². The van der Waals surface area contributed by atoms with Gasteiger partial charge in [-0.2, -0.15) is 0 Å². The van der Waals surface area contributed by atoms with Gasteiger partial charge in [0.1, 0.15) is 0 Å². The summed E-state index contributed by atoms with van der Waals surface area (Å²) in [7, 11) is 0. The van der Waals surface area contributed by atoms with Crippen LogP contribution in [-0.2, 0) is 0 Å². The van der Waals surface area contributed by atoms with E-state index in [-0.39, 0.29) is 0 Å². The molecule has 0 spiro atoms. The summed E-state index contributed by atoms with van der Waals surface area (Å²) < 4.78 is 3.47. The van der Waals surface area contributed by atoms with Crippen molar-refractivity contribution in [3.63, 3.8) is 0 Å². The van der Waals surface area contributed by atoms with Crippen molar-refractivity contribution in [2.45, 2.75) is 64.2 Å². The highest BCUT2D eigenvalue weighted by Crippen LogP contribution is 2.11. The van der Waals surface area contributed by atoms with Crippen molar-refractivity contribution < 1.29 is 0 Å². The van der Waals surface area contributed by atoms with E-state index in [0.29, 0.717) is 0 Å². The fourth-order valence-electron chi connectivity index (χ4n) is 1.66. The van der Waals surface area contributed by atoms with Gasteiger partial charge in [0.25, 0.3) is 0 Å². The van der Waals surface area contributed by atoms with E-state index in [0.717, 1.165) is 0 Å². The van der Waals surface area contributed by atoms with E-state index >= 15 is 0 Å². The third-order valence-electron chi connectivity index (χ3n) is 2.59. The fourth-order valence-corrected chi connectivity index (χ4v) is 2.56. The molecule has 0 amide bonds. The molecule has 0 nitrogen and oxygen atoms in total. The van der Waals surface area contributed by atoms with E-state index in [9.17, 15) is 0 Å². The number of hydrogen-bond acceptors (Lipinski definition) is 0. The lowest BCUT2D eigenvalue weighted by Crippen LogP contribution is -1.81. The highest BCUT2D eigenvalue weighted by atomic mass is 127. The maximum absolute atomic E-state index is 2.47. The van der Waals surface area contributed by atoms with E-state index in [1.165, 1.54) is 68.6 Å². The summed E-state index contributed by atoms with van der Waals surface area (Å²) in [5, 5.41) is 0. The van der Waals surface area contributed by atoms with E-state index < -0.39 is 0 Å². The van der Waals surface area contributed by atoms with Gasteiger partial charge in [-0.05, 0) is 27.8 Å². The Bertz CT molecular complexity index is 132. The van der Waals surface area contributed by atoms with Gasteiger partial charge in [-0.15, -0.1) is 0 Å². The summed E-state index contributed by atoms with van der Waals surface area (Å²) in [5.41, 5.74) is 0. The molecule has 0 rings (SSSR count). The molecule has 0 heterocycles. The van der Waals surface area contributed by atoms with Crippen LogP contribution in [0.15, 0.2) is 10.2 Å². The first-order chi connectivity index (χ1) is 7.41. The van der Waals surface area contributed by atoms with Crippen LogP contribution in [0.3, 0.4) is 0 Å². The molecule has 0 saturated heterocycles. The highest BCUT2D eigenvalue weighted by molar-refractivity contribution is 14.1. The largest absolute Gasteiger partial charge is 0.0864 e. The van der Waals surface area contributed by atoms with Crippen LogP contribution in [0.2, 0.25) is 0 Å². The number of unbranched alkanes of at least 4 members (excludes halogenated alkanes) is 9. The van der Waals surface area contributed by atoms with Gasteiger partial charge in [0.15, 0.2) is 0 Å². The van der Waals surface area contributed by atoms with Crippen LogP contribution in [0.1, 0.15) is 64.2 Å². The lowest BCUT2D eigenvalue weighted by molar-refractivity contribution is 0.568. The molecule has 0 aliphatic heterocycles. The summed E-state index contributed by atoms with van der Waals surface area (Å²) in [6, 6.07) is 0. The molecule has 0 aliphatic carbocycles. The topological polar surface area (TPSA) is 0 Å². The predicted octanol–water partition coefficient (Wildman–Crippen LogP) is 6.27. The molecule has 0 aromatic carbocycles. The first kappa shape index (κ1) is 16.2. The average Bonchev–Trinajstić information content (AvgIpc) is 2.26. The smallest absolute Gasteiger partial charge is 0.000473 e. The molecule has 0 saturated carbocycles. The van der Waals surface area contributed by atoms with Crippen LogP contribution in [0.5, 0.6) is 0 Å². The van der Waals surface area contributed by atoms with Crippen molar-refractivity contribution in [3.05, 3.63) is 10.2 Å². The number of rotatable bonds is 11. The second-order valence-corrected chi connectivity index (χ2v) is 5.82. The van der Waals surface area contributed by atoms with Gasteiger partial charge in [-0.25, -0.2) is 0 Å². The minimum absolute atomic E-state index is 1.28. The molecule has 0 fully saturated rings. The predicted molar refractivity (Wildman–Crippen MR) is 88.2 cm³/mol. The Balaban J connectivity index is 2.86. The molecule has 0 radical (unpaired) electrons. The SMILES string of the molecule is IC=CCCCCCCCCCCCI. The molecule has 0 bridgehead atoms. The molecule has 2 heteroatoms. The number of allylic oxidation sites excluding steroid dienone is 1. The molecular formula is C13H24I2. The fraction of sp³-hybridized carbons (Fsp3) is 0.846. The zero-order chi connectivity index (χ0) is 11.2. The Morgan fingerprint density at radius 3 is 1.60 bits per heavy atom. The van der Waals surface area contributed by atoms with Gasteiger partial charge in [0, 0.05) is 0 Å². The van der Waals surface area contributed by atoms with E-state index in [4.69, 9.17) is 0 Å². The van der Waals surface area contributed by atoms with Crippen molar-refractivity contribution in [1.29, 1.82) is 0 Å². The Labute approximate surface area is 123 Å². The van der Waals surface area contributed by atoms with Gasteiger partial charge in [-0.3, -0.25) is 0 Å². The lowest BCUT2D eigenvalue weighted by Gasteiger charge is -2.00. The van der Waals surface area contributed by atoms with Crippen LogP contribution >= 0.6 is 45.2 Å². The highest BCUT2D eigenvalue weighted by Gasteiger charge is 1.91. The van der Waals surface area contributed by atoms with Gasteiger partial charge >= 0.3 is 0 Å². The van der Waals surface area contributed by atoms with Gasteiger partial charge in [-0.1, -0.05) is 96.2 Å².